The Bertz CT molecular complexity index is 762. The van der Waals surface area contributed by atoms with Gasteiger partial charge in [0.1, 0.15) is 0 Å². The fourth-order valence-corrected chi connectivity index (χ4v) is 3.94. The van der Waals surface area contributed by atoms with Crippen LogP contribution in [-0.4, -0.2) is 47.6 Å². The van der Waals surface area contributed by atoms with Crippen LogP contribution in [0.4, 0.5) is 0 Å². The van der Waals surface area contributed by atoms with E-state index in [-0.39, 0.29) is 12.0 Å². The predicted molar refractivity (Wildman–Crippen MR) is 82.8 cm³/mol. The number of rotatable bonds is 3. The van der Waals surface area contributed by atoms with Crippen LogP contribution in [0.3, 0.4) is 0 Å². The van der Waals surface area contributed by atoms with Crippen LogP contribution in [0.2, 0.25) is 0 Å². The molecule has 0 aliphatic carbocycles. The quantitative estimate of drug-likeness (QED) is 0.849. The molecule has 0 unspecified atom stereocenters. The molecule has 4 heterocycles. The zero-order chi connectivity index (χ0) is 16.1. The van der Waals surface area contributed by atoms with E-state index in [0.717, 1.165) is 31.1 Å². The molecule has 3 atom stereocenters. The van der Waals surface area contributed by atoms with Gasteiger partial charge in [-0.25, -0.2) is 0 Å². The maximum atomic E-state index is 5.98. The third-order valence-corrected chi connectivity index (χ3v) is 5.10. The molecular weight excluding hydrogens is 310 g/mol. The maximum Gasteiger partial charge on any atom is 0.232 e. The average molecular weight is 329 g/mol. The van der Waals surface area contributed by atoms with Crippen molar-refractivity contribution in [2.24, 2.45) is 5.92 Å². The molecule has 1 aromatic heterocycles. The molecule has 3 aliphatic heterocycles. The van der Waals surface area contributed by atoms with Crippen molar-refractivity contribution in [3.05, 3.63) is 35.5 Å². The lowest BCUT2D eigenvalue weighted by molar-refractivity contribution is 0.0958. The van der Waals surface area contributed by atoms with E-state index in [1.807, 2.05) is 13.0 Å². The van der Waals surface area contributed by atoms with Gasteiger partial charge in [-0.3, -0.25) is 4.90 Å². The van der Waals surface area contributed by atoms with Gasteiger partial charge in [-0.2, -0.15) is 4.98 Å². The first-order chi connectivity index (χ1) is 11.8. The molecule has 0 spiro atoms. The Kier molecular flexibility index (Phi) is 3.24. The molecule has 126 valence electrons. The van der Waals surface area contributed by atoms with Gasteiger partial charge in [-0.15, -0.1) is 0 Å². The summed E-state index contributed by atoms with van der Waals surface area (Å²) in [6.07, 6.45) is 0.246. The monoisotopic (exact) mass is 329 g/mol. The van der Waals surface area contributed by atoms with Crippen LogP contribution in [0.1, 0.15) is 23.2 Å². The minimum atomic E-state index is 0.206. The highest BCUT2D eigenvalue weighted by atomic mass is 16.7. The van der Waals surface area contributed by atoms with Crippen LogP contribution in [0, 0.1) is 12.8 Å². The number of nitrogens with zero attached hydrogens (tertiary/aromatic N) is 3. The van der Waals surface area contributed by atoms with Gasteiger partial charge < -0.3 is 18.7 Å². The van der Waals surface area contributed by atoms with Gasteiger partial charge in [-0.1, -0.05) is 11.2 Å². The minimum absolute atomic E-state index is 0.206. The second-order valence-corrected chi connectivity index (χ2v) is 6.70. The third-order valence-electron chi connectivity index (χ3n) is 5.10. The topological polar surface area (TPSA) is 69.9 Å². The molecule has 3 aliphatic rings. The van der Waals surface area contributed by atoms with Crippen LogP contribution < -0.4 is 9.47 Å². The number of aromatic nitrogens is 2. The van der Waals surface area contributed by atoms with E-state index in [1.165, 1.54) is 5.56 Å². The van der Waals surface area contributed by atoms with Crippen LogP contribution in [0.5, 0.6) is 11.5 Å². The summed E-state index contributed by atoms with van der Waals surface area (Å²) in [5, 5.41) is 3.91. The van der Waals surface area contributed by atoms with Crippen molar-refractivity contribution in [1.82, 2.24) is 15.0 Å². The summed E-state index contributed by atoms with van der Waals surface area (Å²) in [5.74, 6) is 3.68. The summed E-state index contributed by atoms with van der Waals surface area (Å²) in [5.41, 5.74) is 1.23. The van der Waals surface area contributed by atoms with Crippen LogP contribution >= 0.6 is 0 Å². The Balaban J connectivity index is 1.29. The molecule has 0 N–H and O–H groups in total. The Labute approximate surface area is 139 Å². The fourth-order valence-electron chi connectivity index (χ4n) is 3.94. The van der Waals surface area contributed by atoms with E-state index in [2.05, 4.69) is 27.2 Å². The van der Waals surface area contributed by atoms with Crippen molar-refractivity contribution < 1.29 is 18.7 Å². The van der Waals surface area contributed by atoms with Crippen molar-refractivity contribution in [1.29, 1.82) is 0 Å². The summed E-state index contributed by atoms with van der Waals surface area (Å²) in [6.45, 7) is 5.62. The second kappa shape index (κ2) is 5.46. The normalized spacial score (nSPS) is 28.5. The third kappa shape index (κ3) is 2.35. The summed E-state index contributed by atoms with van der Waals surface area (Å²) >= 11 is 0. The second-order valence-electron chi connectivity index (χ2n) is 6.70. The van der Waals surface area contributed by atoms with E-state index in [0.29, 0.717) is 31.0 Å². The highest BCUT2D eigenvalue weighted by Gasteiger charge is 2.46. The Morgan fingerprint density at radius 2 is 2.12 bits per heavy atom. The Morgan fingerprint density at radius 1 is 1.21 bits per heavy atom. The standard InChI is InChI=1S/C17H19N3O4/c1-10-18-17(24-19-10)13-8-21-16-7-20(6-12(13)16)5-11-2-3-14-15(4-11)23-9-22-14/h2-4,12-13,16H,5-9H2,1H3/t12-,13+,16-/m1/s1. The molecular formula is C17H19N3O4. The number of benzene rings is 1. The Hall–Kier alpha value is -2.12. The van der Waals surface area contributed by atoms with Crippen molar-refractivity contribution in [2.45, 2.75) is 25.5 Å². The molecule has 7 nitrogen and oxygen atoms in total. The van der Waals surface area contributed by atoms with Crippen molar-refractivity contribution in [3.63, 3.8) is 0 Å². The molecule has 0 saturated carbocycles. The summed E-state index contributed by atoms with van der Waals surface area (Å²) in [4.78, 5) is 6.81. The molecule has 0 radical (unpaired) electrons. The summed E-state index contributed by atoms with van der Waals surface area (Å²) in [7, 11) is 0. The average Bonchev–Trinajstić information content (AvgIpc) is 3.30. The van der Waals surface area contributed by atoms with Crippen LogP contribution in [0.25, 0.3) is 0 Å². The van der Waals surface area contributed by atoms with Gasteiger partial charge in [0.2, 0.25) is 12.7 Å². The molecule has 7 heteroatoms. The number of hydrogen-bond acceptors (Lipinski definition) is 7. The van der Waals surface area contributed by atoms with Gasteiger partial charge in [0, 0.05) is 25.6 Å². The van der Waals surface area contributed by atoms with Gasteiger partial charge in [-0.05, 0) is 24.6 Å². The van der Waals surface area contributed by atoms with E-state index in [9.17, 15) is 0 Å². The molecule has 24 heavy (non-hydrogen) atoms. The molecule has 0 amide bonds. The lowest BCUT2D eigenvalue weighted by Gasteiger charge is -2.18. The zero-order valence-corrected chi connectivity index (χ0v) is 13.5. The number of aryl methyl sites for hydroxylation is 1. The number of hydrogen-bond donors (Lipinski definition) is 0. The van der Waals surface area contributed by atoms with Crippen molar-refractivity contribution in [3.8, 4) is 11.5 Å². The summed E-state index contributed by atoms with van der Waals surface area (Å²) < 4.78 is 22.2. The lowest BCUT2D eigenvalue weighted by Crippen LogP contribution is -2.23. The number of fused-ring (bicyclic) bond motifs is 2. The molecule has 1 aromatic carbocycles. The smallest absolute Gasteiger partial charge is 0.232 e. The van der Waals surface area contributed by atoms with Crippen molar-refractivity contribution in [2.75, 3.05) is 26.5 Å². The first kappa shape index (κ1) is 14.2. The van der Waals surface area contributed by atoms with E-state index < -0.39 is 0 Å². The van der Waals surface area contributed by atoms with Crippen molar-refractivity contribution >= 4 is 0 Å². The number of likely N-dealkylation sites (tertiary alicyclic amines) is 1. The van der Waals surface area contributed by atoms with E-state index >= 15 is 0 Å². The first-order valence-electron chi connectivity index (χ1n) is 8.29. The zero-order valence-electron chi connectivity index (χ0n) is 13.5. The molecule has 5 rings (SSSR count). The molecule has 2 saturated heterocycles. The van der Waals surface area contributed by atoms with Gasteiger partial charge in [0.05, 0.1) is 18.6 Å². The highest BCUT2D eigenvalue weighted by molar-refractivity contribution is 5.44. The fraction of sp³-hybridized carbons (Fsp3) is 0.529. The van der Waals surface area contributed by atoms with Gasteiger partial charge in [0.25, 0.3) is 0 Å². The maximum absolute atomic E-state index is 5.98. The first-order valence-corrected chi connectivity index (χ1v) is 8.29. The number of ether oxygens (including phenoxy) is 3. The lowest BCUT2D eigenvalue weighted by atomic mass is 9.93. The molecule has 2 fully saturated rings. The molecule has 0 bridgehead atoms. The summed E-state index contributed by atoms with van der Waals surface area (Å²) in [6, 6.07) is 6.15. The van der Waals surface area contributed by atoms with Gasteiger partial charge >= 0.3 is 0 Å². The van der Waals surface area contributed by atoms with Gasteiger partial charge in [0.15, 0.2) is 17.3 Å². The SMILES string of the molecule is Cc1noc([C@H]2CO[C@@H]3CN(Cc4ccc5c(c4)OCO5)C[C@H]23)n1. The highest BCUT2D eigenvalue weighted by Crippen LogP contribution is 2.40. The largest absolute Gasteiger partial charge is 0.454 e. The predicted octanol–water partition coefficient (Wildman–Crippen LogP) is 1.72. The van der Waals surface area contributed by atoms with Crippen LogP contribution in [0.15, 0.2) is 22.7 Å². The van der Waals surface area contributed by atoms with E-state index in [1.54, 1.807) is 0 Å². The molecule has 2 aromatic rings. The minimum Gasteiger partial charge on any atom is -0.454 e. The van der Waals surface area contributed by atoms with Crippen LogP contribution in [-0.2, 0) is 11.3 Å². The van der Waals surface area contributed by atoms with E-state index in [4.69, 9.17) is 18.7 Å². The Morgan fingerprint density at radius 3 is 3.00 bits per heavy atom.